The smallest absolute Gasteiger partial charge is 0.227 e. The highest BCUT2D eigenvalue weighted by Crippen LogP contribution is 2.32. The third-order valence-corrected chi connectivity index (χ3v) is 7.18. The summed E-state index contributed by atoms with van der Waals surface area (Å²) in [5.41, 5.74) is 0.983. The maximum absolute atomic E-state index is 5.59. The summed E-state index contributed by atoms with van der Waals surface area (Å²) in [6, 6.07) is 4.65. The van der Waals surface area contributed by atoms with Crippen LogP contribution in [-0.2, 0) is 0 Å². The van der Waals surface area contributed by atoms with Crippen LogP contribution in [-0.4, -0.2) is 85.8 Å². The molecule has 30 heavy (non-hydrogen) atoms. The van der Waals surface area contributed by atoms with Crippen molar-refractivity contribution >= 4 is 45.3 Å². The first-order valence-corrected chi connectivity index (χ1v) is 12.1. The van der Waals surface area contributed by atoms with Gasteiger partial charge in [0.05, 0.1) is 16.2 Å². The maximum atomic E-state index is 5.59. The zero-order valence-corrected chi connectivity index (χ0v) is 20.5. The van der Waals surface area contributed by atoms with Crippen LogP contribution in [0.5, 0.6) is 5.75 Å². The Hall–Kier alpha value is -1.39. The van der Waals surface area contributed by atoms with E-state index in [1.165, 1.54) is 0 Å². The summed E-state index contributed by atoms with van der Waals surface area (Å²) >= 11 is 2.33. The molecule has 2 aliphatic rings. The van der Waals surface area contributed by atoms with E-state index in [0.717, 1.165) is 97.1 Å². The number of hydrogen-bond donors (Lipinski definition) is 1. The zero-order valence-electron chi connectivity index (χ0n) is 18.3. The van der Waals surface area contributed by atoms with E-state index in [2.05, 4.69) is 68.7 Å². The molecule has 2 aromatic rings. The number of piperidine rings is 1. The molecule has 0 unspecified atom stereocenters. The number of anilines is 2. The van der Waals surface area contributed by atoms with Crippen LogP contribution < -0.4 is 15.0 Å². The van der Waals surface area contributed by atoms with E-state index < -0.39 is 0 Å². The van der Waals surface area contributed by atoms with Crippen molar-refractivity contribution in [1.82, 2.24) is 19.8 Å². The van der Waals surface area contributed by atoms with Gasteiger partial charge < -0.3 is 24.8 Å². The van der Waals surface area contributed by atoms with Gasteiger partial charge in [-0.2, -0.15) is 4.98 Å². The number of likely N-dealkylation sites (tertiary alicyclic amines) is 1. The second-order valence-corrected chi connectivity index (χ2v) is 9.54. The van der Waals surface area contributed by atoms with E-state index in [0.29, 0.717) is 6.04 Å². The summed E-state index contributed by atoms with van der Waals surface area (Å²) in [5, 5.41) is 4.81. The summed E-state index contributed by atoms with van der Waals surface area (Å²) in [5.74, 6) is 2.66. The van der Waals surface area contributed by atoms with Crippen molar-refractivity contribution in [3.63, 3.8) is 0 Å². The fraction of sp³-hybridized carbons (Fsp3) is 0.636. The van der Waals surface area contributed by atoms with Crippen molar-refractivity contribution in [2.24, 2.45) is 0 Å². The molecule has 0 spiro atoms. The lowest BCUT2D eigenvalue weighted by molar-refractivity contribution is 0.229. The molecule has 2 aliphatic heterocycles. The van der Waals surface area contributed by atoms with Gasteiger partial charge in [0, 0.05) is 44.2 Å². The van der Waals surface area contributed by atoms with Crippen molar-refractivity contribution < 1.29 is 4.74 Å². The van der Waals surface area contributed by atoms with Crippen LogP contribution in [0.15, 0.2) is 12.1 Å². The predicted molar refractivity (Wildman–Crippen MR) is 132 cm³/mol. The highest BCUT2D eigenvalue weighted by molar-refractivity contribution is 14.1. The highest BCUT2D eigenvalue weighted by Gasteiger charge is 2.22. The summed E-state index contributed by atoms with van der Waals surface area (Å²) < 4.78 is 6.66. The maximum Gasteiger partial charge on any atom is 0.227 e. The molecule has 2 fully saturated rings. The minimum Gasteiger partial charge on any atom is -0.496 e. The van der Waals surface area contributed by atoms with E-state index >= 15 is 0 Å². The number of ether oxygens (including phenoxy) is 1. The number of aromatic nitrogens is 2. The van der Waals surface area contributed by atoms with Crippen molar-refractivity contribution in [2.75, 3.05) is 70.2 Å². The molecule has 1 aromatic heterocycles. The number of nitrogens with one attached hydrogen (secondary N) is 1. The second kappa shape index (κ2) is 9.82. The van der Waals surface area contributed by atoms with Crippen molar-refractivity contribution in [1.29, 1.82) is 0 Å². The van der Waals surface area contributed by atoms with E-state index in [4.69, 9.17) is 14.7 Å². The molecule has 0 atom stereocenters. The number of hydrogen-bond acceptors (Lipinski definition) is 7. The van der Waals surface area contributed by atoms with Gasteiger partial charge in [-0.05, 0) is 74.1 Å². The molecule has 7 nitrogen and oxygen atoms in total. The minimum atomic E-state index is 0.444. The van der Waals surface area contributed by atoms with E-state index in [1.807, 2.05) is 0 Å². The van der Waals surface area contributed by atoms with Crippen LogP contribution in [0.1, 0.15) is 26.2 Å². The van der Waals surface area contributed by atoms with Crippen molar-refractivity contribution in [3.8, 4) is 5.75 Å². The molecule has 1 aromatic carbocycles. The molecule has 0 saturated carbocycles. The quantitative estimate of drug-likeness (QED) is 0.603. The number of rotatable bonds is 5. The fourth-order valence-electron chi connectivity index (χ4n) is 4.36. The average molecular weight is 524 g/mol. The lowest BCUT2D eigenvalue weighted by Crippen LogP contribution is -2.39. The third kappa shape index (κ3) is 4.91. The fourth-order valence-corrected chi connectivity index (χ4v) is 5.03. The van der Waals surface area contributed by atoms with Gasteiger partial charge in [-0.1, -0.05) is 6.92 Å². The molecular weight excluding hydrogens is 491 g/mol. The van der Waals surface area contributed by atoms with Crippen LogP contribution in [0.4, 0.5) is 11.8 Å². The zero-order chi connectivity index (χ0) is 21.1. The van der Waals surface area contributed by atoms with Gasteiger partial charge in [-0.15, -0.1) is 0 Å². The molecule has 2 saturated heterocycles. The molecule has 4 rings (SSSR count). The van der Waals surface area contributed by atoms with Crippen LogP contribution >= 0.6 is 22.6 Å². The van der Waals surface area contributed by atoms with Crippen LogP contribution in [0.2, 0.25) is 0 Å². The normalized spacial score (nSPS) is 19.8. The number of likely N-dealkylation sites (N-methyl/N-ethyl adjacent to an activating group) is 1. The Labute approximate surface area is 193 Å². The van der Waals surface area contributed by atoms with Crippen molar-refractivity contribution in [2.45, 2.75) is 32.2 Å². The van der Waals surface area contributed by atoms with Crippen LogP contribution in [0, 0.1) is 3.57 Å². The Morgan fingerprint density at radius 2 is 1.90 bits per heavy atom. The molecule has 0 bridgehead atoms. The Balaban J connectivity index is 1.68. The molecule has 0 aliphatic carbocycles. The molecular formula is C22H33IN6O. The van der Waals surface area contributed by atoms with E-state index in [-0.39, 0.29) is 0 Å². The first-order chi connectivity index (χ1) is 14.6. The van der Waals surface area contributed by atoms with Gasteiger partial charge in [0.1, 0.15) is 11.6 Å². The molecule has 3 heterocycles. The Morgan fingerprint density at radius 3 is 2.63 bits per heavy atom. The largest absolute Gasteiger partial charge is 0.496 e. The van der Waals surface area contributed by atoms with Crippen LogP contribution in [0.25, 0.3) is 10.9 Å². The van der Waals surface area contributed by atoms with Crippen LogP contribution in [0.3, 0.4) is 0 Å². The Kier molecular flexibility index (Phi) is 7.15. The predicted octanol–water partition coefficient (Wildman–Crippen LogP) is 3.28. The van der Waals surface area contributed by atoms with Gasteiger partial charge in [-0.25, -0.2) is 4.98 Å². The summed E-state index contributed by atoms with van der Waals surface area (Å²) in [7, 11) is 3.91. The van der Waals surface area contributed by atoms with Gasteiger partial charge in [0.25, 0.3) is 0 Å². The van der Waals surface area contributed by atoms with Gasteiger partial charge in [0.15, 0.2) is 0 Å². The molecule has 0 amide bonds. The molecule has 164 valence electrons. The van der Waals surface area contributed by atoms with Gasteiger partial charge in [-0.3, -0.25) is 0 Å². The number of nitrogens with zero attached hydrogens (tertiary/aromatic N) is 5. The Bertz CT molecular complexity index is 870. The summed E-state index contributed by atoms with van der Waals surface area (Å²) in [4.78, 5) is 17.2. The number of methoxy groups -OCH3 is 1. The number of benzene rings is 1. The monoisotopic (exact) mass is 524 g/mol. The van der Waals surface area contributed by atoms with E-state index in [9.17, 15) is 0 Å². The average Bonchev–Trinajstić information content (AvgIpc) is 2.98. The topological polar surface area (TPSA) is 56.8 Å². The van der Waals surface area contributed by atoms with Crippen molar-refractivity contribution in [3.05, 3.63) is 15.7 Å². The number of halogens is 1. The lowest BCUT2D eigenvalue weighted by Gasteiger charge is -2.32. The van der Waals surface area contributed by atoms with E-state index in [1.54, 1.807) is 7.11 Å². The SMILES string of the molecule is CCN1CCC(Nc2nc(N3CCCN(C)CC3)nc3cc(I)c(OC)cc23)CC1. The second-order valence-electron chi connectivity index (χ2n) is 8.37. The number of fused-ring (bicyclic) bond motifs is 1. The molecule has 1 N–H and O–H groups in total. The standard InChI is InChI=1S/C22H33IN6O/c1-4-28-10-6-16(7-11-28)24-21-17-14-20(30-3)18(23)15-19(17)25-22(26-21)29-9-5-8-27(2)12-13-29/h14-16H,4-13H2,1-3H3,(H,24,25,26). The molecule has 0 radical (unpaired) electrons. The highest BCUT2D eigenvalue weighted by atomic mass is 127. The summed E-state index contributed by atoms with van der Waals surface area (Å²) in [6.45, 7) is 9.78. The van der Waals surface area contributed by atoms with Gasteiger partial charge >= 0.3 is 0 Å². The first-order valence-electron chi connectivity index (χ1n) is 11.0. The molecule has 8 heteroatoms. The first kappa shape index (κ1) is 21.8. The Morgan fingerprint density at radius 1 is 1.10 bits per heavy atom. The summed E-state index contributed by atoms with van der Waals surface area (Å²) in [6.07, 6.45) is 3.42. The third-order valence-electron chi connectivity index (χ3n) is 6.34. The van der Waals surface area contributed by atoms with Gasteiger partial charge in [0.2, 0.25) is 5.95 Å². The lowest BCUT2D eigenvalue weighted by atomic mass is 10.0. The minimum absolute atomic E-state index is 0.444.